The van der Waals surface area contributed by atoms with Crippen molar-refractivity contribution in [2.24, 2.45) is 0 Å². The van der Waals surface area contributed by atoms with Crippen molar-refractivity contribution in [1.29, 1.82) is 0 Å². The van der Waals surface area contributed by atoms with Crippen molar-refractivity contribution >= 4 is 5.97 Å². The average molecular weight is 171 g/mol. The number of carboxylic acids is 1. The minimum absolute atomic E-state index is 0.0143. The number of nitrogens with zero attached hydrogens (tertiary/aromatic N) is 1. The third-order valence-corrected chi connectivity index (χ3v) is 2.15. The number of carbonyl (C=O) groups is 1. The standard InChI is InChI=1S/C9H17NO2/c1-9(2,3)10(6-8(11)12)7-4-5-7/h7H,4-6H2,1-3H3,(H,11,12). The Morgan fingerprint density at radius 2 is 2.00 bits per heavy atom. The summed E-state index contributed by atoms with van der Waals surface area (Å²) in [5.41, 5.74) is -0.0143. The number of carboxylic acid groups (broad SMARTS) is 1. The van der Waals surface area contributed by atoms with Gasteiger partial charge in [0.05, 0.1) is 6.54 Å². The molecule has 0 unspecified atom stereocenters. The van der Waals surface area contributed by atoms with Gasteiger partial charge >= 0.3 is 5.97 Å². The summed E-state index contributed by atoms with van der Waals surface area (Å²) in [6, 6.07) is 0.515. The topological polar surface area (TPSA) is 40.5 Å². The minimum atomic E-state index is -0.725. The molecule has 1 saturated carbocycles. The number of aliphatic carboxylic acids is 1. The molecule has 1 aliphatic carbocycles. The van der Waals surface area contributed by atoms with E-state index in [4.69, 9.17) is 5.11 Å². The SMILES string of the molecule is CC(C)(C)N(CC(=O)O)C1CC1. The predicted octanol–water partition coefficient (Wildman–Crippen LogP) is 1.33. The molecule has 1 rings (SSSR count). The monoisotopic (exact) mass is 171 g/mol. The van der Waals surface area contributed by atoms with Crippen LogP contribution in [0.2, 0.25) is 0 Å². The van der Waals surface area contributed by atoms with E-state index in [2.05, 4.69) is 25.7 Å². The van der Waals surface area contributed by atoms with E-state index in [-0.39, 0.29) is 12.1 Å². The lowest BCUT2D eigenvalue weighted by molar-refractivity contribution is -0.139. The van der Waals surface area contributed by atoms with Crippen LogP contribution in [0.3, 0.4) is 0 Å². The van der Waals surface area contributed by atoms with Crippen LogP contribution in [-0.2, 0) is 4.79 Å². The smallest absolute Gasteiger partial charge is 0.317 e. The second kappa shape index (κ2) is 3.05. The Morgan fingerprint density at radius 3 is 2.25 bits per heavy atom. The quantitative estimate of drug-likeness (QED) is 0.696. The second-order valence-electron chi connectivity index (χ2n) is 4.42. The summed E-state index contributed by atoms with van der Waals surface area (Å²) in [5.74, 6) is -0.725. The van der Waals surface area contributed by atoms with Gasteiger partial charge in [-0.15, -0.1) is 0 Å². The number of hydrogen-bond donors (Lipinski definition) is 1. The molecule has 0 aromatic rings. The Balaban J connectivity index is 2.54. The molecule has 3 heteroatoms. The Labute approximate surface area is 73.4 Å². The maximum Gasteiger partial charge on any atom is 0.317 e. The van der Waals surface area contributed by atoms with Crippen molar-refractivity contribution in [2.75, 3.05) is 6.54 Å². The third kappa shape index (κ3) is 2.48. The third-order valence-electron chi connectivity index (χ3n) is 2.15. The summed E-state index contributed by atoms with van der Waals surface area (Å²) in [7, 11) is 0. The van der Waals surface area contributed by atoms with Gasteiger partial charge in [0.2, 0.25) is 0 Å². The van der Waals surface area contributed by atoms with Crippen LogP contribution in [0.5, 0.6) is 0 Å². The fraction of sp³-hybridized carbons (Fsp3) is 0.889. The molecule has 0 aromatic carbocycles. The molecule has 0 aliphatic heterocycles. The van der Waals surface area contributed by atoms with Gasteiger partial charge in [-0.3, -0.25) is 9.69 Å². The van der Waals surface area contributed by atoms with E-state index in [9.17, 15) is 4.79 Å². The van der Waals surface area contributed by atoms with Crippen molar-refractivity contribution in [3.05, 3.63) is 0 Å². The summed E-state index contributed by atoms with van der Waals surface area (Å²) >= 11 is 0. The van der Waals surface area contributed by atoms with Crippen LogP contribution < -0.4 is 0 Å². The first-order valence-electron chi connectivity index (χ1n) is 4.40. The molecule has 1 N–H and O–H groups in total. The molecular weight excluding hydrogens is 154 g/mol. The molecule has 70 valence electrons. The molecule has 1 fully saturated rings. The summed E-state index contributed by atoms with van der Waals surface area (Å²) < 4.78 is 0. The van der Waals surface area contributed by atoms with E-state index >= 15 is 0 Å². The van der Waals surface area contributed by atoms with Gasteiger partial charge in [-0.2, -0.15) is 0 Å². The van der Waals surface area contributed by atoms with E-state index in [0.29, 0.717) is 6.04 Å². The fourth-order valence-corrected chi connectivity index (χ4v) is 1.45. The molecule has 0 heterocycles. The van der Waals surface area contributed by atoms with Crippen LogP contribution >= 0.6 is 0 Å². The van der Waals surface area contributed by atoms with Gasteiger partial charge in [0.15, 0.2) is 0 Å². The van der Waals surface area contributed by atoms with Gasteiger partial charge in [0, 0.05) is 11.6 Å². The van der Waals surface area contributed by atoms with Crippen LogP contribution in [0.4, 0.5) is 0 Å². The van der Waals surface area contributed by atoms with Crippen molar-refractivity contribution in [1.82, 2.24) is 4.90 Å². The van der Waals surface area contributed by atoms with Gasteiger partial charge in [-0.1, -0.05) is 0 Å². The van der Waals surface area contributed by atoms with E-state index in [1.54, 1.807) is 0 Å². The molecule has 0 radical (unpaired) electrons. The van der Waals surface area contributed by atoms with Crippen LogP contribution in [-0.4, -0.2) is 34.1 Å². The summed E-state index contributed by atoms with van der Waals surface area (Å²) in [6.07, 6.45) is 2.31. The first kappa shape index (κ1) is 9.52. The second-order valence-corrected chi connectivity index (χ2v) is 4.42. The van der Waals surface area contributed by atoms with Gasteiger partial charge < -0.3 is 5.11 Å². The largest absolute Gasteiger partial charge is 0.480 e. The van der Waals surface area contributed by atoms with Crippen LogP contribution in [0.1, 0.15) is 33.6 Å². The van der Waals surface area contributed by atoms with Crippen LogP contribution in [0, 0.1) is 0 Å². The highest BCUT2D eigenvalue weighted by Gasteiger charge is 2.36. The van der Waals surface area contributed by atoms with Crippen LogP contribution in [0.25, 0.3) is 0 Å². The first-order valence-corrected chi connectivity index (χ1v) is 4.40. The number of hydrogen-bond acceptors (Lipinski definition) is 2. The van der Waals surface area contributed by atoms with E-state index in [1.165, 1.54) is 0 Å². The zero-order chi connectivity index (χ0) is 9.35. The Morgan fingerprint density at radius 1 is 1.50 bits per heavy atom. The van der Waals surface area contributed by atoms with Gasteiger partial charge in [0.25, 0.3) is 0 Å². The highest BCUT2D eigenvalue weighted by molar-refractivity contribution is 5.69. The average Bonchev–Trinajstić information content (AvgIpc) is 2.60. The molecule has 0 spiro atoms. The predicted molar refractivity (Wildman–Crippen MR) is 47.1 cm³/mol. The lowest BCUT2D eigenvalue weighted by atomic mass is 10.1. The van der Waals surface area contributed by atoms with Crippen molar-refractivity contribution < 1.29 is 9.90 Å². The zero-order valence-electron chi connectivity index (χ0n) is 8.00. The highest BCUT2D eigenvalue weighted by atomic mass is 16.4. The molecule has 0 aromatic heterocycles. The molecule has 3 nitrogen and oxygen atoms in total. The van der Waals surface area contributed by atoms with Crippen molar-refractivity contribution in [3.8, 4) is 0 Å². The molecule has 0 bridgehead atoms. The van der Waals surface area contributed by atoms with Gasteiger partial charge in [-0.05, 0) is 33.6 Å². The lowest BCUT2D eigenvalue weighted by Crippen LogP contribution is -2.45. The summed E-state index contributed by atoms with van der Waals surface area (Å²) in [5, 5.41) is 8.68. The van der Waals surface area contributed by atoms with Crippen LogP contribution in [0.15, 0.2) is 0 Å². The van der Waals surface area contributed by atoms with E-state index in [1.807, 2.05) is 0 Å². The molecule has 0 saturated heterocycles. The first-order chi connectivity index (χ1) is 5.41. The summed E-state index contributed by atoms with van der Waals surface area (Å²) in [6.45, 7) is 6.37. The minimum Gasteiger partial charge on any atom is -0.480 e. The van der Waals surface area contributed by atoms with Gasteiger partial charge in [0.1, 0.15) is 0 Å². The van der Waals surface area contributed by atoms with Crippen molar-refractivity contribution in [2.45, 2.75) is 45.2 Å². The Kier molecular flexibility index (Phi) is 2.42. The molecule has 0 amide bonds. The highest BCUT2D eigenvalue weighted by Crippen LogP contribution is 2.32. The Bertz CT molecular complexity index is 179. The molecule has 12 heavy (non-hydrogen) atoms. The normalized spacial score (nSPS) is 18.3. The summed E-state index contributed by atoms with van der Waals surface area (Å²) in [4.78, 5) is 12.6. The number of rotatable bonds is 3. The maximum atomic E-state index is 10.5. The zero-order valence-corrected chi connectivity index (χ0v) is 8.00. The van der Waals surface area contributed by atoms with E-state index < -0.39 is 5.97 Å². The lowest BCUT2D eigenvalue weighted by Gasteiger charge is -2.34. The van der Waals surface area contributed by atoms with E-state index in [0.717, 1.165) is 12.8 Å². The molecular formula is C9H17NO2. The molecule has 1 aliphatic rings. The van der Waals surface area contributed by atoms with Gasteiger partial charge in [-0.25, -0.2) is 0 Å². The maximum absolute atomic E-state index is 10.5. The Hall–Kier alpha value is -0.570. The fourth-order valence-electron chi connectivity index (χ4n) is 1.45. The van der Waals surface area contributed by atoms with Crippen molar-refractivity contribution in [3.63, 3.8) is 0 Å². The molecule has 0 atom stereocenters.